The van der Waals surface area contributed by atoms with Gasteiger partial charge >= 0.3 is 0 Å². The summed E-state index contributed by atoms with van der Waals surface area (Å²) in [5, 5.41) is 9.17. The van der Waals surface area contributed by atoms with Gasteiger partial charge in [-0.25, -0.2) is 9.97 Å². The number of hydrogen-bond donors (Lipinski definition) is 1. The van der Waals surface area contributed by atoms with Crippen LogP contribution < -0.4 is 4.90 Å². The molecule has 1 saturated heterocycles. The average molecular weight is 265 g/mol. The van der Waals surface area contributed by atoms with Gasteiger partial charge in [0, 0.05) is 31.1 Å². The first kappa shape index (κ1) is 14.2. The second-order valence-corrected chi connectivity index (χ2v) is 5.26. The van der Waals surface area contributed by atoms with Crippen LogP contribution in [0.5, 0.6) is 0 Å². The number of aliphatic hydroxyl groups excluding tert-OH is 1. The van der Waals surface area contributed by atoms with E-state index < -0.39 is 0 Å². The second kappa shape index (κ2) is 6.30. The molecule has 5 nitrogen and oxygen atoms in total. The van der Waals surface area contributed by atoms with Crippen molar-refractivity contribution < 1.29 is 9.84 Å². The second-order valence-electron chi connectivity index (χ2n) is 5.26. The summed E-state index contributed by atoms with van der Waals surface area (Å²) < 4.78 is 5.35. The van der Waals surface area contributed by atoms with E-state index in [1.165, 1.54) is 5.56 Å². The number of hydrogen-bond acceptors (Lipinski definition) is 5. The summed E-state index contributed by atoms with van der Waals surface area (Å²) in [5.74, 6) is 1.05. The minimum absolute atomic E-state index is 0.199. The Morgan fingerprint density at radius 2 is 1.79 bits per heavy atom. The largest absolute Gasteiger partial charge is 0.396 e. The highest BCUT2D eigenvalue weighted by Gasteiger charge is 2.17. The number of aryl methyl sites for hydroxylation is 2. The number of morpholine rings is 1. The molecule has 19 heavy (non-hydrogen) atoms. The van der Waals surface area contributed by atoms with Gasteiger partial charge in [-0.3, -0.25) is 0 Å². The monoisotopic (exact) mass is 265 g/mol. The quantitative estimate of drug-likeness (QED) is 0.883. The lowest BCUT2D eigenvalue weighted by molar-refractivity contribution is 0.122. The van der Waals surface area contributed by atoms with Crippen molar-refractivity contribution in [2.45, 2.75) is 27.2 Å². The summed E-state index contributed by atoms with van der Waals surface area (Å²) in [5.41, 5.74) is 3.21. The number of rotatable bonds is 4. The third kappa shape index (κ3) is 3.42. The lowest BCUT2D eigenvalue weighted by atomic mass is 9.99. The maximum Gasteiger partial charge on any atom is 0.225 e. The number of nitrogens with zero attached hydrogens (tertiary/aromatic N) is 3. The van der Waals surface area contributed by atoms with E-state index in [1.54, 1.807) is 0 Å². The molecule has 1 unspecified atom stereocenters. The van der Waals surface area contributed by atoms with Crippen LogP contribution in [0.2, 0.25) is 0 Å². The molecule has 0 amide bonds. The van der Waals surface area contributed by atoms with Crippen molar-refractivity contribution in [3.63, 3.8) is 0 Å². The average Bonchev–Trinajstić information content (AvgIpc) is 2.43. The van der Waals surface area contributed by atoms with Crippen molar-refractivity contribution in [1.82, 2.24) is 9.97 Å². The normalized spacial score (nSPS) is 17.6. The smallest absolute Gasteiger partial charge is 0.225 e. The lowest BCUT2D eigenvalue weighted by Crippen LogP contribution is -2.37. The molecule has 2 heterocycles. The molecular weight excluding hydrogens is 242 g/mol. The Balaban J connectivity index is 2.20. The number of aliphatic hydroxyl groups is 1. The Kier molecular flexibility index (Phi) is 4.71. The van der Waals surface area contributed by atoms with Gasteiger partial charge in [0.05, 0.1) is 13.2 Å². The molecule has 1 N–H and O–H groups in total. The van der Waals surface area contributed by atoms with E-state index in [2.05, 4.69) is 14.9 Å². The van der Waals surface area contributed by atoms with Gasteiger partial charge in [0.1, 0.15) is 0 Å². The molecule has 0 radical (unpaired) electrons. The van der Waals surface area contributed by atoms with Crippen molar-refractivity contribution in [3.8, 4) is 0 Å². The first-order valence-electron chi connectivity index (χ1n) is 6.89. The highest BCUT2D eigenvalue weighted by Crippen LogP contribution is 2.19. The Morgan fingerprint density at radius 1 is 1.21 bits per heavy atom. The Hall–Kier alpha value is -1.20. The summed E-state index contributed by atoms with van der Waals surface area (Å²) in [4.78, 5) is 11.4. The fourth-order valence-corrected chi connectivity index (χ4v) is 2.33. The van der Waals surface area contributed by atoms with E-state index in [1.807, 2.05) is 20.8 Å². The Bertz CT molecular complexity index is 408. The SMILES string of the molecule is Cc1nc(N2CCOCC2)nc(C)c1CC(C)CO. The molecule has 106 valence electrons. The van der Waals surface area contributed by atoms with Crippen LogP contribution in [-0.4, -0.2) is 48.0 Å². The van der Waals surface area contributed by atoms with Gasteiger partial charge in [-0.15, -0.1) is 0 Å². The third-order valence-corrected chi connectivity index (χ3v) is 3.57. The summed E-state index contributed by atoms with van der Waals surface area (Å²) in [6.07, 6.45) is 0.831. The summed E-state index contributed by atoms with van der Waals surface area (Å²) in [6.45, 7) is 9.47. The van der Waals surface area contributed by atoms with Crippen molar-refractivity contribution >= 4 is 5.95 Å². The fourth-order valence-electron chi connectivity index (χ4n) is 2.33. The van der Waals surface area contributed by atoms with Gasteiger partial charge in [-0.05, 0) is 31.7 Å². The first-order chi connectivity index (χ1) is 9.11. The third-order valence-electron chi connectivity index (χ3n) is 3.57. The molecule has 1 aliphatic heterocycles. The van der Waals surface area contributed by atoms with Gasteiger partial charge in [-0.2, -0.15) is 0 Å². The molecule has 5 heteroatoms. The Morgan fingerprint density at radius 3 is 2.32 bits per heavy atom. The van der Waals surface area contributed by atoms with E-state index in [-0.39, 0.29) is 12.5 Å². The zero-order chi connectivity index (χ0) is 13.8. The maximum atomic E-state index is 9.17. The van der Waals surface area contributed by atoms with Crippen LogP contribution in [0, 0.1) is 19.8 Å². The van der Waals surface area contributed by atoms with Crippen LogP contribution >= 0.6 is 0 Å². The zero-order valence-corrected chi connectivity index (χ0v) is 12.0. The molecule has 0 aliphatic carbocycles. The molecule has 1 aliphatic rings. The highest BCUT2D eigenvalue weighted by atomic mass is 16.5. The van der Waals surface area contributed by atoms with Crippen molar-refractivity contribution in [3.05, 3.63) is 17.0 Å². The topological polar surface area (TPSA) is 58.5 Å². The van der Waals surface area contributed by atoms with E-state index in [9.17, 15) is 5.11 Å². The highest BCUT2D eigenvalue weighted by molar-refractivity contribution is 5.37. The van der Waals surface area contributed by atoms with E-state index in [0.717, 1.165) is 50.1 Å². The first-order valence-corrected chi connectivity index (χ1v) is 6.89. The summed E-state index contributed by atoms with van der Waals surface area (Å²) in [7, 11) is 0. The van der Waals surface area contributed by atoms with Crippen LogP contribution in [0.3, 0.4) is 0 Å². The van der Waals surface area contributed by atoms with Crippen molar-refractivity contribution in [2.24, 2.45) is 5.92 Å². The van der Waals surface area contributed by atoms with Gasteiger partial charge in [-0.1, -0.05) is 6.92 Å². The van der Waals surface area contributed by atoms with E-state index in [0.29, 0.717) is 0 Å². The van der Waals surface area contributed by atoms with Gasteiger partial charge in [0.15, 0.2) is 0 Å². The fraction of sp³-hybridized carbons (Fsp3) is 0.714. The molecule has 1 fully saturated rings. The predicted octanol–water partition coefficient (Wildman–Crippen LogP) is 1.10. The standard InChI is InChI=1S/C14H23N3O2/c1-10(9-18)8-13-11(2)15-14(16-12(13)3)17-4-6-19-7-5-17/h10,18H,4-9H2,1-3H3. The molecule has 2 rings (SSSR count). The van der Waals surface area contributed by atoms with E-state index >= 15 is 0 Å². The van der Waals surface area contributed by atoms with E-state index in [4.69, 9.17) is 4.74 Å². The lowest BCUT2D eigenvalue weighted by Gasteiger charge is -2.27. The van der Waals surface area contributed by atoms with Crippen molar-refractivity contribution in [2.75, 3.05) is 37.8 Å². The molecule has 1 aromatic rings. The molecule has 0 aromatic carbocycles. The maximum absolute atomic E-state index is 9.17. The molecule has 1 atom stereocenters. The van der Waals surface area contributed by atoms with Gasteiger partial charge < -0.3 is 14.7 Å². The van der Waals surface area contributed by atoms with Gasteiger partial charge in [0.2, 0.25) is 5.95 Å². The van der Waals surface area contributed by atoms with Gasteiger partial charge in [0.25, 0.3) is 0 Å². The van der Waals surface area contributed by atoms with Crippen LogP contribution in [0.1, 0.15) is 23.9 Å². The number of aromatic nitrogens is 2. The Labute approximate surface area is 114 Å². The van der Waals surface area contributed by atoms with Crippen LogP contribution in [-0.2, 0) is 11.2 Å². The molecule has 1 aromatic heterocycles. The molecule has 0 bridgehead atoms. The summed E-state index contributed by atoms with van der Waals surface area (Å²) >= 11 is 0. The molecule has 0 spiro atoms. The minimum atomic E-state index is 0.199. The van der Waals surface area contributed by atoms with Crippen molar-refractivity contribution in [1.29, 1.82) is 0 Å². The summed E-state index contributed by atoms with van der Waals surface area (Å²) in [6, 6.07) is 0. The minimum Gasteiger partial charge on any atom is -0.396 e. The zero-order valence-electron chi connectivity index (χ0n) is 12.0. The predicted molar refractivity (Wildman–Crippen MR) is 74.5 cm³/mol. The van der Waals surface area contributed by atoms with Crippen LogP contribution in [0.4, 0.5) is 5.95 Å². The molecule has 0 saturated carbocycles. The molecular formula is C14H23N3O2. The number of anilines is 1. The van der Waals surface area contributed by atoms with Crippen LogP contribution in [0.25, 0.3) is 0 Å². The van der Waals surface area contributed by atoms with Crippen LogP contribution in [0.15, 0.2) is 0 Å². The number of ether oxygens (including phenoxy) is 1.